The summed E-state index contributed by atoms with van der Waals surface area (Å²) in [6.45, 7) is 9.71. The van der Waals surface area contributed by atoms with Crippen molar-refractivity contribution < 1.29 is 28.5 Å². The minimum atomic E-state index is -0.700. The molecule has 0 N–H and O–H groups in total. The standard InChI is InChI=1S/C19H34O6/c1-5-7-12-21-14-19(10-9-11-20)16(22-13-8-6-2)15-17(25-19)24-18(3,4)23-15/h11,15-17H,5-10,12-14H2,1-4H3/t15?,16?,17-,19+/m0/s1. The summed E-state index contributed by atoms with van der Waals surface area (Å²) in [6, 6.07) is 0. The summed E-state index contributed by atoms with van der Waals surface area (Å²) in [6.07, 6.45) is 4.87. The lowest BCUT2D eigenvalue weighted by Crippen LogP contribution is -2.50. The van der Waals surface area contributed by atoms with Crippen molar-refractivity contribution in [1.82, 2.24) is 0 Å². The third-order valence-electron chi connectivity index (χ3n) is 4.73. The van der Waals surface area contributed by atoms with Gasteiger partial charge in [0.2, 0.25) is 0 Å². The van der Waals surface area contributed by atoms with Crippen molar-refractivity contribution in [2.45, 2.75) is 96.1 Å². The van der Waals surface area contributed by atoms with Crippen LogP contribution in [0, 0.1) is 0 Å². The Balaban J connectivity index is 2.13. The summed E-state index contributed by atoms with van der Waals surface area (Å²) in [5.74, 6) is -0.693. The number of unbranched alkanes of at least 4 members (excludes halogenated alkanes) is 2. The van der Waals surface area contributed by atoms with Crippen LogP contribution in [0.2, 0.25) is 0 Å². The normalized spacial score (nSPS) is 33.5. The number of carbonyl (C=O) groups is 1. The molecular formula is C19H34O6. The first-order chi connectivity index (χ1) is 12.0. The number of ether oxygens (including phenoxy) is 5. The molecule has 2 saturated heterocycles. The maximum atomic E-state index is 11.0. The first-order valence-electron chi connectivity index (χ1n) is 9.64. The van der Waals surface area contributed by atoms with Gasteiger partial charge in [-0.25, -0.2) is 0 Å². The van der Waals surface area contributed by atoms with Crippen molar-refractivity contribution >= 4 is 6.29 Å². The fraction of sp³-hybridized carbons (Fsp3) is 0.947. The van der Waals surface area contributed by atoms with Crippen molar-refractivity contribution in [3.05, 3.63) is 0 Å². The predicted molar refractivity (Wildman–Crippen MR) is 93.3 cm³/mol. The SMILES string of the molecule is CCCCOC[C@@]1(CCC=O)O[C@@H]2OC(C)(C)OC2C1OCCCC. The number of aldehydes is 1. The highest BCUT2D eigenvalue weighted by Gasteiger charge is 2.62. The smallest absolute Gasteiger partial charge is 0.190 e. The molecule has 2 rings (SSSR count). The molecule has 25 heavy (non-hydrogen) atoms. The molecule has 0 aliphatic carbocycles. The summed E-state index contributed by atoms with van der Waals surface area (Å²) >= 11 is 0. The number of hydrogen-bond donors (Lipinski definition) is 0. The third-order valence-corrected chi connectivity index (χ3v) is 4.73. The largest absolute Gasteiger partial charge is 0.378 e. The number of carbonyl (C=O) groups excluding carboxylic acids is 1. The molecule has 0 bridgehead atoms. The van der Waals surface area contributed by atoms with Crippen LogP contribution in [0.3, 0.4) is 0 Å². The first kappa shape index (κ1) is 20.8. The van der Waals surface area contributed by atoms with E-state index < -0.39 is 17.7 Å². The molecule has 0 saturated carbocycles. The van der Waals surface area contributed by atoms with Gasteiger partial charge in [0, 0.05) is 19.6 Å². The lowest BCUT2D eigenvalue weighted by molar-refractivity contribution is -0.254. The van der Waals surface area contributed by atoms with E-state index in [4.69, 9.17) is 23.7 Å². The highest BCUT2D eigenvalue weighted by atomic mass is 16.8. The highest BCUT2D eigenvalue weighted by molar-refractivity contribution is 5.49. The topological polar surface area (TPSA) is 63.2 Å². The summed E-state index contributed by atoms with van der Waals surface area (Å²) < 4.78 is 30.3. The predicted octanol–water partition coefficient (Wildman–Crippen LogP) is 3.21. The van der Waals surface area contributed by atoms with E-state index in [9.17, 15) is 4.79 Å². The van der Waals surface area contributed by atoms with Crippen LogP contribution in [0.1, 0.15) is 66.2 Å². The van der Waals surface area contributed by atoms with Crippen molar-refractivity contribution in [2.24, 2.45) is 0 Å². The average molecular weight is 358 g/mol. The van der Waals surface area contributed by atoms with E-state index in [1.807, 2.05) is 13.8 Å². The van der Waals surface area contributed by atoms with Gasteiger partial charge in [-0.1, -0.05) is 26.7 Å². The van der Waals surface area contributed by atoms with Gasteiger partial charge in [0.25, 0.3) is 0 Å². The van der Waals surface area contributed by atoms with Gasteiger partial charge in [-0.15, -0.1) is 0 Å². The molecule has 2 aliphatic heterocycles. The summed E-state index contributed by atoms with van der Waals surface area (Å²) in [7, 11) is 0. The second-order valence-electron chi connectivity index (χ2n) is 7.41. The molecular weight excluding hydrogens is 324 g/mol. The van der Waals surface area contributed by atoms with E-state index in [1.54, 1.807) is 0 Å². The number of rotatable bonds is 12. The number of hydrogen-bond acceptors (Lipinski definition) is 6. The van der Waals surface area contributed by atoms with Crippen molar-refractivity contribution in [3.8, 4) is 0 Å². The van der Waals surface area contributed by atoms with E-state index in [0.29, 0.717) is 32.7 Å². The number of fused-ring (bicyclic) bond motifs is 1. The van der Waals surface area contributed by atoms with Gasteiger partial charge in [0.15, 0.2) is 12.1 Å². The Labute approximate surface area is 151 Å². The molecule has 2 fully saturated rings. The zero-order valence-electron chi connectivity index (χ0n) is 16.1. The molecule has 0 amide bonds. The van der Waals surface area contributed by atoms with E-state index in [-0.39, 0.29) is 12.2 Å². The van der Waals surface area contributed by atoms with Crippen LogP contribution in [0.25, 0.3) is 0 Å². The minimum Gasteiger partial charge on any atom is -0.378 e. The van der Waals surface area contributed by atoms with Crippen LogP contribution in [0.5, 0.6) is 0 Å². The Morgan fingerprint density at radius 3 is 2.44 bits per heavy atom. The monoisotopic (exact) mass is 358 g/mol. The zero-order chi connectivity index (χ0) is 18.3. The Morgan fingerprint density at radius 1 is 1.04 bits per heavy atom. The Hall–Kier alpha value is -0.530. The van der Waals surface area contributed by atoms with Crippen molar-refractivity contribution in [3.63, 3.8) is 0 Å². The molecule has 146 valence electrons. The summed E-state index contributed by atoms with van der Waals surface area (Å²) in [5.41, 5.74) is -0.700. The molecule has 0 aromatic carbocycles. The molecule has 4 atom stereocenters. The molecule has 0 spiro atoms. The molecule has 0 radical (unpaired) electrons. The van der Waals surface area contributed by atoms with Crippen LogP contribution >= 0.6 is 0 Å². The molecule has 2 heterocycles. The maximum Gasteiger partial charge on any atom is 0.190 e. The van der Waals surface area contributed by atoms with Gasteiger partial charge >= 0.3 is 0 Å². The van der Waals surface area contributed by atoms with E-state index in [0.717, 1.165) is 32.0 Å². The molecule has 2 unspecified atom stereocenters. The molecule has 6 nitrogen and oxygen atoms in total. The highest BCUT2D eigenvalue weighted by Crippen LogP contribution is 2.45. The Bertz CT molecular complexity index is 413. The molecule has 6 heteroatoms. The second-order valence-corrected chi connectivity index (χ2v) is 7.41. The molecule has 2 aliphatic rings. The van der Waals surface area contributed by atoms with Gasteiger partial charge in [0.05, 0.1) is 6.61 Å². The van der Waals surface area contributed by atoms with E-state index >= 15 is 0 Å². The van der Waals surface area contributed by atoms with Gasteiger partial charge in [0.1, 0.15) is 24.1 Å². The lowest BCUT2D eigenvalue weighted by Gasteiger charge is -2.36. The zero-order valence-corrected chi connectivity index (χ0v) is 16.1. The fourth-order valence-corrected chi connectivity index (χ4v) is 3.44. The quantitative estimate of drug-likeness (QED) is 0.394. The van der Waals surface area contributed by atoms with Gasteiger partial charge in [-0.05, 0) is 33.1 Å². The Morgan fingerprint density at radius 2 is 1.76 bits per heavy atom. The van der Waals surface area contributed by atoms with Gasteiger partial charge in [-0.3, -0.25) is 0 Å². The summed E-state index contributed by atoms with van der Waals surface area (Å²) in [5, 5.41) is 0. The van der Waals surface area contributed by atoms with Crippen LogP contribution in [-0.2, 0) is 28.5 Å². The van der Waals surface area contributed by atoms with E-state index in [2.05, 4.69) is 13.8 Å². The van der Waals surface area contributed by atoms with E-state index in [1.165, 1.54) is 0 Å². The minimum absolute atomic E-state index is 0.298. The van der Waals surface area contributed by atoms with Crippen molar-refractivity contribution in [2.75, 3.05) is 19.8 Å². The lowest BCUT2D eigenvalue weighted by atomic mass is 9.90. The van der Waals surface area contributed by atoms with Crippen molar-refractivity contribution in [1.29, 1.82) is 0 Å². The first-order valence-corrected chi connectivity index (χ1v) is 9.64. The van der Waals surface area contributed by atoms with Crippen LogP contribution in [-0.4, -0.2) is 56.0 Å². The fourth-order valence-electron chi connectivity index (χ4n) is 3.44. The molecule has 0 aromatic rings. The summed E-state index contributed by atoms with van der Waals surface area (Å²) in [4.78, 5) is 11.0. The van der Waals surface area contributed by atoms with Crippen LogP contribution in [0.4, 0.5) is 0 Å². The Kier molecular flexibility index (Phi) is 7.83. The second kappa shape index (κ2) is 9.42. The van der Waals surface area contributed by atoms with Gasteiger partial charge < -0.3 is 28.5 Å². The average Bonchev–Trinajstić information content (AvgIpc) is 3.00. The van der Waals surface area contributed by atoms with Crippen LogP contribution < -0.4 is 0 Å². The van der Waals surface area contributed by atoms with Crippen LogP contribution in [0.15, 0.2) is 0 Å². The van der Waals surface area contributed by atoms with Gasteiger partial charge in [-0.2, -0.15) is 0 Å². The molecule has 0 aromatic heterocycles. The third kappa shape index (κ3) is 5.23. The maximum absolute atomic E-state index is 11.0.